The van der Waals surface area contributed by atoms with Crippen LogP contribution in [0.1, 0.15) is 149 Å². The van der Waals surface area contributed by atoms with Gasteiger partial charge < -0.3 is 20.1 Å². The van der Waals surface area contributed by atoms with Crippen molar-refractivity contribution in [2.75, 3.05) is 26.4 Å². The molecule has 0 rings (SSSR count). The molecule has 0 saturated heterocycles. The van der Waals surface area contributed by atoms with Crippen LogP contribution in [0.15, 0.2) is 48.6 Å². The zero-order valence-electron chi connectivity index (χ0n) is 31.1. The molecule has 0 aliphatic carbocycles. The molecule has 1 unspecified atom stereocenters. The SMILES string of the molecule is CCCCC/C=C\C/C=C\C/C=C\C=C\C(=O)CCCC(=O)OC[C@H](COP(=O)(O)OCCN)OC(=O)CCCCCCCCCCCCC. The molecule has 0 fully saturated rings. The number of hydrogen-bond acceptors (Lipinski definition) is 9. The van der Waals surface area contributed by atoms with Gasteiger partial charge in [-0.2, -0.15) is 0 Å². The number of phosphoric acid groups is 1. The van der Waals surface area contributed by atoms with Crippen LogP contribution in [0.5, 0.6) is 0 Å². The van der Waals surface area contributed by atoms with Crippen LogP contribution in [-0.4, -0.2) is 55.1 Å². The van der Waals surface area contributed by atoms with Gasteiger partial charge in [0.1, 0.15) is 6.61 Å². The molecule has 0 aromatic rings. The van der Waals surface area contributed by atoms with Crippen molar-refractivity contribution >= 4 is 25.5 Å². The fraction of sp³-hybridized carbons (Fsp3) is 0.718. The second-order valence-electron chi connectivity index (χ2n) is 12.5. The van der Waals surface area contributed by atoms with Gasteiger partial charge in [0.2, 0.25) is 0 Å². The number of nitrogens with two attached hydrogens (primary N) is 1. The Bertz CT molecular complexity index is 1030. The van der Waals surface area contributed by atoms with E-state index in [1.54, 1.807) is 6.08 Å². The third-order valence-electron chi connectivity index (χ3n) is 7.69. The van der Waals surface area contributed by atoms with Crippen LogP contribution < -0.4 is 5.73 Å². The van der Waals surface area contributed by atoms with Crippen molar-refractivity contribution in [1.29, 1.82) is 0 Å². The van der Waals surface area contributed by atoms with Crippen LogP contribution >= 0.6 is 7.82 Å². The minimum atomic E-state index is -4.42. The number of carbonyl (C=O) groups is 3. The summed E-state index contributed by atoms with van der Waals surface area (Å²) in [7, 11) is -4.42. The molecule has 50 heavy (non-hydrogen) atoms. The maximum atomic E-state index is 12.5. The molecule has 0 aliphatic rings. The van der Waals surface area contributed by atoms with Gasteiger partial charge >= 0.3 is 19.8 Å². The van der Waals surface area contributed by atoms with E-state index in [9.17, 15) is 23.8 Å². The number of carbonyl (C=O) groups excluding carboxylic acids is 3. The molecule has 0 radical (unpaired) electrons. The van der Waals surface area contributed by atoms with E-state index in [0.29, 0.717) is 12.8 Å². The van der Waals surface area contributed by atoms with E-state index in [1.807, 2.05) is 12.2 Å². The van der Waals surface area contributed by atoms with Crippen molar-refractivity contribution in [2.45, 2.75) is 155 Å². The molecule has 2 atom stereocenters. The molecule has 0 saturated carbocycles. The molecule has 0 aliphatic heterocycles. The number of ether oxygens (including phenoxy) is 2. The first-order chi connectivity index (χ1) is 24.2. The lowest BCUT2D eigenvalue weighted by molar-refractivity contribution is -0.161. The zero-order chi connectivity index (χ0) is 37.0. The fourth-order valence-corrected chi connectivity index (χ4v) is 5.59. The Hall–Kier alpha value is -2.36. The van der Waals surface area contributed by atoms with Crippen LogP contribution in [0, 0.1) is 0 Å². The summed E-state index contributed by atoms with van der Waals surface area (Å²) < 4.78 is 32.4. The van der Waals surface area contributed by atoms with E-state index in [2.05, 4.69) is 38.2 Å². The minimum Gasteiger partial charge on any atom is -0.462 e. The van der Waals surface area contributed by atoms with Crippen LogP contribution in [0.4, 0.5) is 0 Å². The number of allylic oxidation sites excluding steroid dienone is 8. The van der Waals surface area contributed by atoms with Crippen LogP contribution in [0.3, 0.4) is 0 Å². The number of esters is 2. The summed E-state index contributed by atoms with van der Waals surface area (Å²) in [6.07, 6.45) is 34.4. The van der Waals surface area contributed by atoms with Crippen molar-refractivity contribution in [2.24, 2.45) is 5.73 Å². The quantitative estimate of drug-likeness (QED) is 0.0161. The molecular weight excluding hydrogens is 657 g/mol. The third-order valence-corrected chi connectivity index (χ3v) is 8.68. The highest BCUT2D eigenvalue weighted by molar-refractivity contribution is 7.47. The van der Waals surface area contributed by atoms with E-state index in [-0.39, 0.29) is 44.8 Å². The lowest BCUT2D eigenvalue weighted by Gasteiger charge is -2.19. The Morgan fingerprint density at radius 1 is 0.660 bits per heavy atom. The average Bonchev–Trinajstić information content (AvgIpc) is 3.09. The van der Waals surface area contributed by atoms with Gasteiger partial charge in [-0.3, -0.25) is 23.4 Å². The molecular formula is C39H68NO9P. The molecule has 3 N–H and O–H groups in total. The van der Waals surface area contributed by atoms with E-state index in [0.717, 1.165) is 38.5 Å². The first-order valence-electron chi connectivity index (χ1n) is 19.1. The third kappa shape index (κ3) is 34.1. The smallest absolute Gasteiger partial charge is 0.462 e. The topological polar surface area (TPSA) is 151 Å². The molecule has 288 valence electrons. The molecule has 0 aromatic heterocycles. The van der Waals surface area contributed by atoms with E-state index < -0.39 is 32.5 Å². The Kier molecular flexibility index (Phi) is 33.4. The van der Waals surface area contributed by atoms with Gasteiger partial charge in [-0.15, -0.1) is 0 Å². The summed E-state index contributed by atoms with van der Waals surface area (Å²) >= 11 is 0. The number of ketones is 1. The Labute approximate surface area is 302 Å². The maximum Gasteiger partial charge on any atom is 0.472 e. The van der Waals surface area contributed by atoms with Crippen molar-refractivity contribution < 1.29 is 42.4 Å². The largest absolute Gasteiger partial charge is 0.472 e. The van der Waals surface area contributed by atoms with Crippen molar-refractivity contribution in [3.05, 3.63) is 48.6 Å². The van der Waals surface area contributed by atoms with Gasteiger partial charge in [0.25, 0.3) is 0 Å². The summed E-state index contributed by atoms with van der Waals surface area (Å²) in [5.41, 5.74) is 5.31. The molecule has 0 bridgehead atoms. The average molecular weight is 726 g/mol. The van der Waals surface area contributed by atoms with Crippen LogP contribution in [0.2, 0.25) is 0 Å². The highest BCUT2D eigenvalue weighted by Gasteiger charge is 2.26. The van der Waals surface area contributed by atoms with Crippen molar-refractivity contribution in [3.63, 3.8) is 0 Å². The Morgan fingerprint density at radius 2 is 1.24 bits per heavy atom. The molecule has 0 heterocycles. The summed E-state index contributed by atoms with van der Waals surface area (Å²) in [5.74, 6) is -1.19. The molecule has 0 amide bonds. The monoisotopic (exact) mass is 725 g/mol. The predicted octanol–water partition coefficient (Wildman–Crippen LogP) is 9.56. The highest BCUT2D eigenvalue weighted by Crippen LogP contribution is 2.43. The molecule has 10 nitrogen and oxygen atoms in total. The summed E-state index contributed by atoms with van der Waals surface area (Å²) in [6, 6.07) is 0. The Balaban J connectivity index is 4.43. The number of phosphoric ester groups is 1. The lowest BCUT2D eigenvalue weighted by Crippen LogP contribution is -2.29. The minimum absolute atomic E-state index is 0.00830. The van der Waals surface area contributed by atoms with E-state index >= 15 is 0 Å². The van der Waals surface area contributed by atoms with Crippen LogP contribution in [0.25, 0.3) is 0 Å². The van der Waals surface area contributed by atoms with Crippen LogP contribution in [-0.2, 0) is 37.5 Å². The Morgan fingerprint density at radius 3 is 1.90 bits per heavy atom. The first kappa shape index (κ1) is 47.6. The van der Waals surface area contributed by atoms with Gasteiger partial charge in [-0.1, -0.05) is 133 Å². The number of hydrogen-bond donors (Lipinski definition) is 2. The molecule has 0 spiro atoms. The van der Waals surface area contributed by atoms with Gasteiger partial charge in [0.15, 0.2) is 11.9 Å². The van der Waals surface area contributed by atoms with Gasteiger partial charge in [-0.05, 0) is 44.6 Å². The normalized spacial score (nSPS) is 13.8. The van der Waals surface area contributed by atoms with Gasteiger partial charge in [-0.25, -0.2) is 4.57 Å². The second-order valence-corrected chi connectivity index (χ2v) is 13.9. The number of unbranched alkanes of at least 4 members (excludes halogenated alkanes) is 13. The predicted molar refractivity (Wildman–Crippen MR) is 201 cm³/mol. The zero-order valence-corrected chi connectivity index (χ0v) is 32.0. The lowest BCUT2D eigenvalue weighted by atomic mass is 10.1. The van der Waals surface area contributed by atoms with E-state index in [1.165, 1.54) is 70.3 Å². The van der Waals surface area contributed by atoms with Gasteiger partial charge in [0.05, 0.1) is 13.2 Å². The second kappa shape index (κ2) is 35.1. The highest BCUT2D eigenvalue weighted by atomic mass is 31.2. The summed E-state index contributed by atoms with van der Waals surface area (Å²) in [5, 5.41) is 0. The van der Waals surface area contributed by atoms with Gasteiger partial charge in [0, 0.05) is 25.8 Å². The summed E-state index contributed by atoms with van der Waals surface area (Å²) in [4.78, 5) is 46.8. The molecule has 11 heteroatoms. The molecule has 0 aromatic carbocycles. The fourth-order valence-electron chi connectivity index (χ4n) is 4.82. The maximum absolute atomic E-state index is 12.5. The first-order valence-corrected chi connectivity index (χ1v) is 20.6. The number of rotatable bonds is 35. The van der Waals surface area contributed by atoms with Crippen molar-refractivity contribution in [1.82, 2.24) is 0 Å². The van der Waals surface area contributed by atoms with Crippen molar-refractivity contribution in [3.8, 4) is 0 Å². The summed E-state index contributed by atoms with van der Waals surface area (Å²) in [6.45, 7) is 3.39. The van der Waals surface area contributed by atoms with E-state index in [4.69, 9.17) is 24.3 Å². The standard InChI is InChI=1S/C39H68NO9P/c1-3-5-7-9-11-13-15-16-18-19-21-23-25-28-36(41)29-27-31-38(42)46-34-37(35-48-50(44,45)47-33-32-40)49-39(43)30-26-24-22-20-17-14-12-10-8-6-4-2/h11,13,16,18,21,23,25,28,37H,3-10,12,14-15,17,19-20,22,24,26-27,29-35,40H2,1-2H3,(H,44,45)/b13-11-,18-16-,23-21-,28-25+/t37-/m1/s1.